The molecule has 1 heterocycles. The van der Waals surface area contributed by atoms with Crippen LogP contribution in [0.5, 0.6) is 11.5 Å². The van der Waals surface area contributed by atoms with E-state index >= 15 is 0 Å². The summed E-state index contributed by atoms with van der Waals surface area (Å²) < 4.78 is 10.7. The summed E-state index contributed by atoms with van der Waals surface area (Å²) in [7, 11) is 0. The molecule has 1 aliphatic heterocycles. The summed E-state index contributed by atoms with van der Waals surface area (Å²) >= 11 is 5.98. The molecule has 3 nitrogen and oxygen atoms in total. The number of ether oxygens (including phenoxy) is 2. The van der Waals surface area contributed by atoms with Gasteiger partial charge in [-0.25, -0.2) is 0 Å². The van der Waals surface area contributed by atoms with Crippen molar-refractivity contribution in [2.24, 2.45) is 0 Å². The van der Waals surface area contributed by atoms with Gasteiger partial charge in [0.15, 0.2) is 11.5 Å². The molecule has 0 aliphatic carbocycles. The molecule has 0 fully saturated rings. The number of hydrogen-bond acceptors (Lipinski definition) is 3. The molecule has 1 aliphatic rings. The average molecular weight is 290 g/mol. The Labute approximate surface area is 123 Å². The fourth-order valence-corrected chi connectivity index (χ4v) is 2.43. The van der Waals surface area contributed by atoms with Crippen LogP contribution in [0.4, 0.5) is 0 Å². The maximum atomic E-state index is 5.98. The monoisotopic (exact) mass is 289 g/mol. The standard InChI is InChI=1S/C16H16ClNO2/c1-11(18-9-12-3-2-4-14(17)7-12)13-5-6-15-16(8-13)20-10-19-15/h2-8,11,18H,9-10H2,1H3. The quantitative estimate of drug-likeness (QED) is 0.925. The third-order valence-electron chi connectivity index (χ3n) is 3.40. The van der Waals surface area contributed by atoms with E-state index < -0.39 is 0 Å². The minimum atomic E-state index is 0.225. The first-order valence-electron chi connectivity index (χ1n) is 6.60. The van der Waals surface area contributed by atoms with Crippen LogP contribution in [0.3, 0.4) is 0 Å². The highest BCUT2D eigenvalue weighted by molar-refractivity contribution is 6.30. The topological polar surface area (TPSA) is 30.5 Å². The van der Waals surface area contributed by atoms with Crippen molar-refractivity contribution in [3.8, 4) is 11.5 Å². The molecule has 3 rings (SSSR count). The predicted octanol–water partition coefficient (Wildman–Crippen LogP) is 3.92. The molecule has 0 radical (unpaired) electrons. The van der Waals surface area contributed by atoms with Crippen molar-refractivity contribution >= 4 is 11.6 Å². The van der Waals surface area contributed by atoms with E-state index in [9.17, 15) is 0 Å². The molecule has 2 aromatic carbocycles. The smallest absolute Gasteiger partial charge is 0.231 e. The molecule has 0 aromatic heterocycles. The molecule has 0 amide bonds. The van der Waals surface area contributed by atoms with E-state index in [4.69, 9.17) is 21.1 Å². The van der Waals surface area contributed by atoms with Crippen molar-refractivity contribution in [1.82, 2.24) is 5.32 Å². The van der Waals surface area contributed by atoms with Crippen LogP contribution in [0.25, 0.3) is 0 Å². The van der Waals surface area contributed by atoms with Gasteiger partial charge in [0.25, 0.3) is 0 Å². The second-order valence-corrected chi connectivity index (χ2v) is 5.28. The van der Waals surface area contributed by atoms with E-state index in [2.05, 4.69) is 24.4 Å². The molecule has 2 aromatic rings. The number of nitrogens with one attached hydrogen (secondary N) is 1. The maximum absolute atomic E-state index is 5.98. The Morgan fingerprint density at radius 3 is 2.85 bits per heavy atom. The molecule has 104 valence electrons. The molecule has 20 heavy (non-hydrogen) atoms. The van der Waals surface area contributed by atoms with Crippen LogP contribution in [-0.4, -0.2) is 6.79 Å². The zero-order chi connectivity index (χ0) is 13.9. The van der Waals surface area contributed by atoms with Gasteiger partial charge in [0.05, 0.1) is 0 Å². The van der Waals surface area contributed by atoms with Gasteiger partial charge in [-0.15, -0.1) is 0 Å². The zero-order valence-electron chi connectivity index (χ0n) is 11.2. The molecule has 4 heteroatoms. The van der Waals surface area contributed by atoms with Crippen LogP contribution in [-0.2, 0) is 6.54 Å². The highest BCUT2D eigenvalue weighted by Gasteiger charge is 2.15. The van der Waals surface area contributed by atoms with Crippen molar-refractivity contribution < 1.29 is 9.47 Å². The Morgan fingerprint density at radius 1 is 1.15 bits per heavy atom. The Balaban J connectivity index is 1.66. The maximum Gasteiger partial charge on any atom is 0.231 e. The second kappa shape index (κ2) is 5.73. The molecule has 1 N–H and O–H groups in total. The largest absolute Gasteiger partial charge is 0.454 e. The van der Waals surface area contributed by atoms with Crippen molar-refractivity contribution in [2.45, 2.75) is 19.5 Å². The highest BCUT2D eigenvalue weighted by Crippen LogP contribution is 2.34. The van der Waals surface area contributed by atoms with Gasteiger partial charge in [0.2, 0.25) is 6.79 Å². The van der Waals surface area contributed by atoms with E-state index in [1.807, 2.05) is 30.3 Å². The van der Waals surface area contributed by atoms with Crippen LogP contribution >= 0.6 is 11.6 Å². The second-order valence-electron chi connectivity index (χ2n) is 4.85. The highest BCUT2D eigenvalue weighted by atomic mass is 35.5. The lowest BCUT2D eigenvalue weighted by molar-refractivity contribution is 0.174. The lowest BCUT2D eigenvalue weighted by Crippen LogP contribution is -2.18. The first kappa shape index (κ1) is 13.3. The lowest BCUT2D eigenvalue weighted by Gasteiger charge is -2.15. The van der Waals surface area contributed by atoms with Crippen LogP contribution in [0.15, 0.2) is 42.5 Å². The molecule has 1 atom stereocenters. The van der Waals surface area contributed by atoms with Crippen molar-refractivity contribution in [3.63, 3.8) is 0 Å². The van der Waals surface area contributed by atoms with E-state index in [0.717, 1.165) is 23.1 Å². The van der Waals surface area contributed by atoms with Gasteiger partial charge < -0.3 is 14.8 Å². The van der Waals surface area contributed by atoms with Crippen LogP contribution in [0.2, 0.25) is 5.02 Å². The normalized spacial score (nSPS) is 14.3. The van der Waals surface area contributed by atoms with Crippen molar-refractivity contribution in [3.05, 3.63) is 58.6 Å². The Hall–Kier alpha value is -1.71. The third kappa shape index (κ3) is 2.89. The Morgan fingerprint density at radius 2 is 2.00 bits per heavy atom. The van der Waals surface area contributed by atoms with Gasteiger partial charge in [0.1, 0.15) is 0 Å². The first-order valence-corrected chi connectivity index (χ1v) is 6.97. The molecule has 0 saturated carbocycles. The molecule has 0 spiro atoms. The van der Waals surface area contributed by atoms with Gasteiger partial charge in [0, 0.05) is 17.6 Å². The Bertz CT molecular complexity index is 615. The fraction of sp³-hybridized carbons (Fsp3) is 0.250. The fourth-order valence-electron chi connectivity index (χ4n) is 2.22. The molecular weight excluding hydrogens is 274 g/mol. The van der Waals surface area contributed by atoms with Crippen LogP contribution in [0, 0.1) is 0 Å². The minimum absolute atomic E-state index is 0.225. The van der Waals surface area contributed by atoms with E-state index in [0.29, 0.717) is 6.79 Å². The Kier molecular flexibility index (Phi) is 3.81. The van der Waals surface area contributed by atoms with E-state index in [-0.39, 0.29) is 6.04 Å². The molecular formula is C16H16ClNO2. The summed E-state index contributed by atoms with van der Waals surface area (Å²) in [4.78, 5) is 0. The van der Waals surface area contributed by atoms with Gasteiger partial charge in [-0.2, -0.15) is 0 Å². The first-order chi connectivity index (χ1) is 9.72. The molecule has 0 bridgehead atoms. The van der Waals surface area contributed by atoms with Crippen LogP contribution < -0.4 is 14.8 Å². The van der Waals surface area contributed by atoms with Gasteiger partial charge in [-0.1, -0.05) is 29.8 Å². The van der Waals surface area contributed by atoms with Gasteiger partial charge in [-0.05, 0) is 42.3 Å². The van der Waals surface area contributed by atoms with Crippen LogP contribution in [0.1, 0.15) is 24.1 Å². The summed E-state index contributed by atoms with van der Waals surface area (Å²) in [6.45, 7) is 3.21. The summed E-state index contributed by atoms with van der Waals surface area (Å²) in [5.41, 5.74) is 2.35. The van der Waals surface area contributed by atoms with Crippen molar-refractivity contribution in [1.29, 1.82) is 0 Å². The number of fused-ring (bicyclic) bond motifs is 1. The molecule has 1 unspecified atom stereocenters. The zero-order valence-corrected chi connectivity index (χ0v) is 12.0. The minimum Gasteiger partial charge on any atom is -0.454 e. The average Bonchev–Trinajstić information content (AvgIpc) is 2.92. The van der Waals surface area contributed by atoms with E-state index in [1.54, 1.807) is 0 Å². The van der Waals surface area contributed by atoms with Crippen molar-refractivity contribution in [2.75, 3.05) is 6.79 Å². The van der Waals surface area contributed by atoms with Gasteiger partial charge >= 0.3 is 0 Å². The predicted molar refractivity (Wildman–Crippen MR) is 79.3 cm³/mol. The van der Waals surface area contributed by atoms with E-state index in [1.165, 1.54) is 11.1 Å². The third-order valence-corrected chi connectivity index (χ3v) is 3.63. The summed E-state index contributed by atoms with van der Waals surface area (Å²) in [5.74, 6) is 1.63. The number of halogens is 1. The summed E-state index contributed by atoms with van der Waals surface area (Å²) in [5, 5.41) is 4.24. The SMILES string of the molecule is CC(NCc1cccc(Cl)c1)c1ccc2c(c1)OCO2. The number of rotatable bonds is 4. The lowest BCUT2D eigenvalue weighted by atomic mass is 10.1. The number of benzene rings is 2. The van der Waals surface area contributed by atoms with Gasteiger partial charge in [-0.3, -0.25) is 0 Å². The molecule has 0 saturated heterocycles. The summed E-state index contributed by atoms with van der Waals surface area (Å²) in [6.07, 6.45) is 0. The number of hydrogen-bond donors (Lipinski definition) is 1. The summed E-state index contributed by atoms with van der Waals surface area (Å²) in [6, 6.07) is 14.1.